The van der Waals surface area contributed by atoms with Gasteiger partial charge in [0.2, 0.25) is 5.91 Å². The molecule has 1 aliphatic rings. The highest BCUT2D eigenvalue weighted by molar-refractivity contribution is 7.10. The zero-order valence-corrected chi connectivity index (χ0v) is 22.7. The number of benzene rings is 1. The van der Waals surface area contributed by atoms with Crippen LogP contribution in [-0.2, 0) is 9.59 Å². The van der Waals surface area contributed by atoms with Crippen molar-refractivity contribution >= 4 is 41.1 Å². The van der Waals surface area contributed by atoms with Crippen molar-refractivity contribution < 1.29 is 14.7 Å². The molecule has 36 heavy (non-hydrogen) atoms. The van der Waals surface area contributed by atoms with E-state index in [0.29, 0.717) is 24.4 Å². The molecule has 3 rings (SSSR count). The lowest BCUT2D eigenvalue weighted by molar-refractivity contribution is -0.152. The number of rotatable bonds is 17. The Morgan fingerprint density at radius 3 is 2.36 bits per heavy atom. The number of nitrogens with one attached hydrogen (secondary N) is 1. The van der Waals surface area contributed by atoms with E-state index in [1.54, 1.807) is 11.3 Å². The molecule has 1 aromatic carbocycles. The molecule has 6 heteroatoms. The van der Waals surface area contributed by atoms with Gasteiger partial charge in [0.1, 0.15) is 5.01 Å². The zero-order chi connectivity index (χ0) is 25.8. The summed E-state index contributed by atoms with van der Waals surface area (Å²) in [4.78, 5) is 30.2. The number of amides is 1. The van der Waals surface area contributed by atoms with E-state index < -0.39 is 11.4 Å². The van der Waals surface area contributed by atoms with Crippen LogP contribution in [0.4, 0.5) is 5.69 Å². The van der Waals surface area contributed by atoms with E-state index in [1.165, 1.54) is 18.5 Å². The van der Waals surface area contributed by atoms with Gasteiger partial charge in [-0.2, -0.15) is 0 Å². The number of carbonyl (C=O) groups is 2. The lowest BCUT2D eigenvalue weighted by Crippen LogP contribution is -2.35. The highest BCUT2D eigenvalue weighted by Gasteiger charge is 2.39. The molecule has 1 heterocycles. The number of hydrogen-bond donors (Lipinski definition) is 2. The molecular weight excluding hydrogens is 468 g/mol. The molecule has 0 saturated heterocycles. The third kappa shape index (κ3) is 8.88. The molecule has 2 aromatic rings. The van der Waals surface area contributed by atoms with Crippen LogP contribution >= 0.6 is 11.3 Å². The van der Waals surface area contributed by atoms with Crippen LogP contribution in [0.3, 0.4) is 0 Å². The second-order valence-corrected chi connectivity index (χ2v) is 11.2. The van der Waals surface area contributed by atoms with Gasteiger partial charge in [0.15, 0.2) is 0 Å². The SMILES string of the molecule is CCCCCCC(CCCCCC)(CC(=O)Nc1cccc(/C=C/c2nc(C3CC3)cs2)c1)C(=O)O. The van der Waals surface area contributed by atoms with Crippen LogP contribution in [0.2, 0.25) is 0 Å². The third-order valence-corrected chi connectivity index (χ3v) is 7.92. The Bertz CT molecular complexity index is 997. The smallest absolute Gasteiger partial charge is 0.310 e. The molecule has 0 radical (unpaired) electrons. The molecule has 0 aliphatic heterocycles. The topological polar surface area (TPSA) is 79.3 Å². The molecule has 196 valence electrons. The molecule has 1 aromatic heterocycles. The first-order valence-corrected chi connectivity index (χ1v) is 14.6. The second-order valence-electron chi connectivity index (χ2n) is 10.3. The summed E-state index contributed by atoms with van der Waals surface area (Å²) in [6, 6.07) is 7.68. The van der Waals surface area contributed by atoms with Gasteiger partial charge in [0, 0.05) is 23.4 Å². The molecule has 1 fully saturated rings. The van der Waals surface area contributed by atoms with Gasteiger partial charge in [0.25, 0.3) is 0 Å². The Labute approximate surface area is 220 Å². The van der Waals surface area contributed by atoms with Crippen molar-refractivity contribution in [2.75, 3.05) is 5.32 Å². The Morgan fingerprint density at radius 1 is 1.06 bits per heavy atom. The minimum atomic E-state index is -0.993. The van der Waals surface area contributed by atoms with Crippen molar-refractivity contribution in [1.82, 2.24) is 4.98 Å². The fraction of sp³-hybridized carbons (Fsp3) is 0.567. The predicted molar refractivity (Wildman–Crippen MR) is 150 cm³/mol. The number of aliphatic carboxylic acids is 1. The average Bonchev–Trinajstić information content (AvgIpc) is 3.60. The van der Waals surface area contributed by atoms with Crippen LogP contribution in [-0.4, -0.2) is 22.0 Å². The van der Waals surface area contributed by atoms with E-state index in [2.05, 4.69) is 24.5 Å². The zero-order valence-electron chi connectivity index (χ0n) is 21.9. The molecule has 2 N–H and O–H groups in total. The number of nitrogens with zero attached hydrogens (tertiary/aromatic N) is 1. The first-order valence-electron chi connectivity index (χ1n) is 13.7. The van der Waals surface area contributed by atoms with Gasteiger partial charge in [0.05, 0.1) is 11.1 Å². The molecule has 0 atom stereocenters. The highest BCUT2D eigenvalue weighted by atomic mass is 32.1. The summed E-state index contributed by atoms with van der Waals surface area (Å²) in [5, 5.41) is 16.3. The lowest BCUT2D eigenvalue weighted by Gasteiger charge is -2.29. The van der Waals surface area contributed by atoms with E-state index >= 15 is 0 Å². The Balaban J connectivity index is 1.63. The summed E-state index contributed by atoms with van der Waals surface area (Å²) < 4.78 is 0. The van der Waals surface area contributed by atoms with Gasteiger partial charge < -0.3 is 10.4 Å². The number of hydrogen-bond acceptors (Lipinski definition) is 4. The minimum Gasteiger partial charge on any atom is -0.481 e. The van der Waals surface area contributed by atoms with Crippen LogP contribution in [0, 0.1) is 5.41 Å². The number of aromatic nitrogens is 1. The van der Waals surface area contributed by atoms with Gasteiger partial charge in [-0.3, -0.25) is 9.59 Å². The van der Waals surface area contributed by atoms with E-state index in [9.17, 15) is 14.7 Å². The Kier molecular flexibility index (Phi) is 11.2. The monoisotopic (exact) mass is 510 g/mol. The molecular formula is C30H42N2O3S. The first-order chi connectivity index (χ1) is 17.5. The van der Waals surface area contributed by atoms with Crippen LogP contribution < -0.4 is 5.32 Å². The summed E-state index contributed by atoms with van der Waals surface area (Å²) >= 11 is 1.66. The van der Waals surface area contributed by atoms with Crippen molar-refractivity contribution in [2.45, 2.75) is 103 Å². The highest BCUT2D eigenvalue weighted by Crippen LogP contribution is 2.40. The van der Waals surface area contributed by atoms with Gasteiger partial charge in [-0.1, -0.05) is 83.4 Å². The minimum absolute atomic E-state index is 0.0176. The summed E-state index contributed by atoms with van der Waals surface area (Å²) in [6.07, 6.45) is 15.8. The van der Waals surface area contributed by atoms with Crippen molar-refractivity contribution in [3.8, 4) is 0 Å². The van der Waals surface area contributed by atoms with Crippen molar-refractivity contribution in [1.29, 1.82) is 0 Å². The van der Waals surface area contributed by atoms with Crippen molar-refractivity contribution in [2.24, 2.45) is 5.41 Å². The Morgan fingerprint density at radius 2 is 1.75 bits per heavy atom. The van der Waals surface area contributed by atoms with E-state index in [4.69, 9.17) is 4.98 Å². The molecule has 5 nitrogen and oxygen atoms in total. The maximum Gasteiger partial charge on any atom is 0.310 e. The van der Waals surface area contributed by atoms with Crippen molar-refractivity contribution in [3.05, 3.63) is 45.9 Å². The number of thiazole rings is 1. The largest absolute Gasteiger partial charge is 0.481 e. The first kappa shape index (κ1) is 28.1. The summed E-state index contributed by atoms with van der Waals surface area (Å²) in [5.74, 6) is -0.409. The van der Waals surface area contributed by atoms with Crippen LogP contribution in [0.1, 0.15) is 120 Å². The molecule has 0 bridgehead atoms. The number of carbonyl (C=O) groups excluding carboxylic acids is 1. The standard InChI is InChI=1S/C30H42N2O3S/c1-3-5-7-9-18-30(29(34)35,19-10-8-6-4-2)21-27(33)31-25-13-11-12-23(20-25)14-17-28-32-26(22-36-28)24-15-16-24/h11-14,17,20,22,24H,3-10,15-16,18-19,21H2,1-2H3,(H,31,33)(H,34,35)/b17-14+. The fourth-order valence-corrected chi connectivity index (χ4v) is 5.51. The number of carboxylic acids is 1. The van der Waals surface area contributed by atoms with E-state index in [-0.39, 0.29) is 12.3 Å². The summed E-state index contributed by atoms with van der Waals surface area (Å²) in [7, 11) is 0. The maximum absolute atomic E-state index is 13.1. The summed E-state index contributed by atoms with van der Waals surface area (Å²) in [6.45, 7) is 4.29. The van der Waals surface area contributed by atoms with Crippen LogP contribution in [0.25, 0.3) is 12.2 Å². The molecule has 0 spiro atoms. The van der Waals surface area contributed by atoms with Gasteiger partial charge in [-0.25, -0.2) is 4.98 Å². The fourth-order valence-electron chi connectivity index (χ4n) is 4.72. The number of unbranched alkanes of at least 4 members (excludes halogenated alkanes) is 6. The molecule has 0 unspecified atom stereocenters. The van der Waals surface area contributed by atoms with Gasteiger partial charge in [-0.05, 0) is 49.5 Å². The summed E-state index contributed by atoms with van der Waals surface area (Å²) in [5.41, 5.74) is 1.87. The predicted octanol–water partition coefficient (Wildman–Crippen LogP) is 8.53. The van der Waals surface area contributed by atoms with Crippen LogP contribution in [0.15, 0.2) is 29.6 Å². The average molecular weight is 511 g/mol. The second kappa shape index (κ2) is 14.3. The maximum atomic E-state index is 13.1. The van der Waals surface area contributed by atoms with Gasteiger partial charge >= 0.3 is 5.97 Å². The number of anilines is 1. The quantitative estimate of drug-likeness (QED) is 0.209. The van der Waals surface area contributed by atoms with Crippen molar-refractivity contribution in [3.63, 3.8) is 0 Å². The Hall–Kier alpha value is -2.47. The normalized spacial score (nSPS) is 13.8. The molecule has 1 aliphatic carbocycles. The lowest BCUT2D eigenvalue weighted by atomic mass is 9.75. The third-order valence-electron chi connectivity index (χ3n) is 7.09. The van der Waals surface area contributed by atoms with Crippen LogP contribution in [0.5, 0.6) is 0 Å². The molecule has 1 saturated carbocycles. The number of carboxylic acid groups (broad SMARTS) is 1. The van der Waals surface area contributed by atoms with E-state index in [0.717, 1.165) is 61.9 Å². The van der Waals surface area contributed by atoms with Gasteiger partial charge in [-0.15, -0.1) is 11.3 Å². The molecule has 1 amide bonds. The van der Waals surface area contributed by atoms with E-state index in [1.807, 2.05) is 36.4 Å².